The number of carbonyl (C=O) groups excluding carboxylic acids is 1. The van der Waals surface area contributed by atoms with Crippen molar-refractivity contribution in [3.05, 3.63) is 21.4 Å². The molecule has 1 aliphatic carbocycles. The topological polar surface area (TPSA) is 38.3 Å². The van der Waals surface area contributed by atoms with Gasteiger partial charge in [-0.1, -0.05) is 0 Å². The first-order valence-electron chi connectivity index (χ1n) is 4.75. The third kappa shape index (κ3) is 1.67. The molecule has 0 fully saturated rings. The molecule has 1 amide bonds. The van der Waals surface area contributed by atoms with Crippen LogP contribution in [0, 0.1) is 0 Å². The highest BCUT2D eigenvalue weighted by Crippen LogP contribution is 2.29. The van der Waals surface area contributed by atoms with Crippen LogP contribution in [0.2, 0.25) is 0 Å². The summed E-state index contributed by atoms with van der Waals surface area (Å²) >= 11 is 1.69. The van der Waals surface area contributed by atoms with Gasteiger partial charge in [0.2, 0.25) is 0 Å². The lowest BCUT2D eigenvalue weighted by atomic mass is 9.96. The van der Waals surface area contributed by atoms with Gasteiger partial charge in [0, 0.05) is 10.3 Å². The average Bonchev–Trinajstić information content (AvgIpc) is 2.61. The van der Waals surface area contributed by atoms with Gasteiger partial charge in [0.1, 0.15) is 0 Å². The van der Waals surface area contributed by atoms with Crippen LogP contribution < -0.4 is 5.48 Å². The fourth-order valence-corrected chi connectivity index (χ4v) is 2.96. The number of hydroxylamine groups is 1. The van der Waals surface area contributed by atoms with Gasteiger partial charge in [0.05, 0.1) is 12.7 Å². The summed E-state index contributed by atoms with van der Waals surface area (Å²) in [7, 11) is 1.46. The third-order valence-electron chi connectivity index (χ3n) is 2.50. The van der Waals surface area contributed by atoms with E-state index in [2.05, 4.69) is 10.3 Å². The van der Waals surface area contributed by atoms with Gasteiger partial charge in [-0.25, -0.2) is 5.48 Å². The van der Waals surface area contributed by atoms with Crippen LogP contribution in [0.3, 0.4) is 0 Å². The Morgan fingerprint density at radius 2 is 2.29 bits per heavy atom. The van der Waals surface area contributed by atoms with E-state index in [1.165, 1.54) is 30.4 Å². The zero-order valence-corrected chi connectivity index (χ0v) is 8.95. The van der Waals surface area contributed by atoms with Gasteiger partial charge in [-0.05, 0) is 31.2 Å². The minimum absolute atomic E-state index is 0.119. The highest BCUT2D eigenvalue weighted by molar-refractivity contribution is 7.10. The van der Waals surface area contributed by atoms with Crippen LogP contribution in [-0.2, 0) is 17.7 Å². The Morgan fingerprint density at radius 3 is 3.07 bits per heavy atom. The molecule has 2 rings (SSSR count). The number of amides is 1. The Kier molecular flexibility index (Phi) is 2.84. The standard InChI is InChI=1S/C10H13NO2S/c1-13-11-10(12)8-6-14-9-5-3-2-4-7(8)9/h6H,2-5H2,1H3,(H,11,12). The maximum absolute atomic E-state index is 11.5. The first kappa shape index (κ1) is 9.68. The van der Waals surface area contributed by atoms with Crippen molar-refractivity contribution in [1.82, 2.24) is 5.48 Å². The number of aryl methyl sites for hydroxylation is 1. The molecule has 1 aliphatic rings. The molecular formula is C10H13NO2S. The van der Waals surface area contributed by atoms with Gasteiger partial charge in [-0.3, -0.25) is 9.63 Å². The fourth-order valence-electron chi connectivity index (χ4n) is 1.83. The van der Waals surface area contributed by atoms with E-state index in [-0.39, 0.29) is 5.91 Å². The quantitative estimate of drug-likeness (QED) is 0.759. The molecule has 0 spiro atoms. The normalized spacial score (nSPS) is 14.9. The largest absolute Gasteiger partial charge is 0.277 e. The van der Waals surface area contributed by atoms with Crippen molar-refractivity contribution in [1.29, 1.82) is 0 Å². The molecule has 1 aromatic heterocycles. The van der Waals surface area contributed by atoms with Gasteiger partial charge >= 0.3 is 0 Å². The van der Waals surface area contributed by atoms with Crippen molar-refractivity contribution in [2.75, 3.05) is 7.11 Å². The second-order valence-corrected chi connectivity index (χ2v) is 4.36. The van der Waals surface area contributed by atoms with Gasteiger partial charge in [-0.15, -0.1) is 11.3 Å². The molecule has 1 aromatic rings. The number of hydrogen-bond donors (Lipinski definition) is 1. The summed E-state index contributed by atoms with van der Waals surface area (Å²) in [5, 5.41) is 1.93. The summed E-state index contributed by atoms with van der Waals surface area (Å²) in [5.74, 6) is -0.119. The predicted octanol–water partition coefficient (Wildman–Crippen LogP) is 1.92. The molecule has 0 bridgehead atoms. The van der Waals surface area contributed by atoms with Crippen LogP contribution >= 0.6 is 11.3 Å². The van der Waals surface area contributed by atoms with Crippen LogP contribution in [0.15, 0.2) is 5.38 Å². The van der Waals surface area contributed by atoms with E-state index >= 15 is 0 Å². The summed E-state index contributed by atoms with van der Waals surface area (Å²) in [6.07, 6.45) is 4.60. The van der Waals surface area contributed by atoms with Crippen molar-refractivity contribution in [3.8, 4) is 0 Å². The van der Waals surface area contributed by atoms with Crippen LogP contribution in [0.25, 0.3) is 0 Å². The molecule has 0 radical (unpaired) electrons. The molecule has 0 saturated carbocycles. The highest BCUT2D eigenvalue weighted by Gasteiger charge is 2.19. The van der Waals surface area contributed by atoms with E-state index < -0.39 is 0 Å². The molecule has 76 valence electrons. The van der Waals surface area contributed by atoms with Crippen LogP contribution in [0.1, 0.15) is 33.6 Å². The Balaban J connectivity index is 2.25. The van der Waals surface area contributed by atoms with E-state index in [1.807, 2.05) is 5.38 Å². The zero-order chi connectivity index (χ0) is 9.97. The Morgan fingerprint density at radius 1 is 1.50 bits per heavy atom. The zero-order valence-electron chi connectivity index (χ0n) is 8.13. The maximum Gasteiger partial charge on any atom is 0.275 e. The molecule has 0 aliphatic heterocycles. The molecule has 1 N–H and O–H groups in total. The van der Waals surface area contributed by atoms with Crippen LogP contribution in [0.4, 0.5) is 0 Å². The number of fused-ring (bicyclic) bond motifs is 1. The van der Waals surface area contributed by atoms with Crippen molar-refractivity contribution < 1.29 is 9.63 Å². The molecule has 0 unspecified atom stereocenters. The molecule has 0 atom stereocenters. The second-order valence-electron chi connectivity index (χ2n) is 3.39. The summed E-state index contributed by atoms with van der Waals surface area (Å²) in [5.41, 5.74) is 4.40. The van der Waals surface area contributed by atoms with Gasteiger partial charge in [0.25, 0.3) is 5.91 Å². The fraction of sp³-hybridized carbons (Fsp3) is 0.500. The predicted molar refractivity (Wildman–Crippen MR) is 55.4 cm³/mol. The lowest BCUT2D eigenvalue weighted by Gasteiger charge is -2.12. The van der Waals surface area contributed by atoms with E-state index in [0.717, 1.165) is 18.4 Å². The third-order valence-corrected chi connectivity index (χ3v) is 3.59. The van der Waals surface area contributed by atoms with Crippen molar-refractivity contribution in [2.45, 2.75) is 25.7 Å². The number of rotatable bonds is 2. The first-order chi connectivity index (χ1) is 6.83. The number of nitrogens with one attached hydrogen (secondary N) is 1. The summed E-state index contributed by atoms with van der Waals surface area (Å²) in [6, 6.07) is 0. The summed E-state index contributed by atoms with van der Waals surface area (Å²) < 4.78 is 0. The highest BCUT2D eigenvalue weighted by atomic mass is 32.1. The van der Waals surface area contributed by atoms with E-state index in [4.69, 9.17) is 0 Å². The Hall–Kier alpha value is -0.870. The van der Waals surface area contributed by atoms with Crippen LogP contribution in [0.5, 0.6) is 0 Å². The lowest BCUT2D eigenvalue weighted by molar-refractivity contribution is 0.0537. The molecule has 14 heavy (non-hydrogen) atoms. The summed E-state index contributed by atoms with van der Waals surface area (Å²) in [6.45, 7) is 0. The van der Waals surface area contributed by atoms with Gasteiger partial charge in [-0.2, -0.15) is 0 Å². The van der Waals surface area contributed by atoms with Crippen LogP contribution in [-0.4, -0.2) is 13.0 Å². The molecule has 0 saturated heterocycles. The average molecular weight is 211 g/mol. The monoisotopic (exact) mass is 211 g/mol. The summed E-state index contributed by atoms with van der Waals surface area (Å²) in [4.78, 5) is 17.5. The molecule has 4 heteroatoms. The SMILES string of the molecule is CONC(=O)c1csc2c1CCCC2. The number of carbonyl (C=O) groups is 1. The minimum Gasteiger partial charge on any atom is -0.277 e. The Labute approximate surface area is 87.0 Å². The number of hydrogen-bond acceptors (Lipinski definition) is 3. The second kappa shape index (κ2) is 4.11. The maximum atomic E-state index is 11.5. The van der Waals surface area contributed by atoms with E-state index in [1.54, 1.807) is 11.3 Å². The van der Waals surface area contributed by atoms with Gasteiger partial charge < -0.3 is 0 Å². The van der Waals surface area contributed by atoms with Crippen molar-refractivity contribution in [3.63, 3.8) is 0 Å². The van der Waals surface area contributed by atoms with Gasteiger partial charge in [0.15, 0.2) is 0 Å². The first-order valence-corrected chi connectivity index (χ1v) is 5.63. The van der Waals surface area contributed by atoms with Crippen molar-refractivity contribution >= 4 is 17.2 Å². The van der Waals surface area contributed by atoms with E-state index in [9.17, 15) is 4.79 Å². The molecular weight excluding hydrogens is 198 g/mol. The molecule has 3 nitrogen and oxygen atoms in total. The van der Waals surface area contributed by atoms with E-state index in [0.29, 0.717) is 0 Å². The smallest absolute Gasteiger partial charge is 0.275 e. The minimum atomic E-state index is -0.119. The molecule has 1 heterocycles. The lowest BCUT2D eigenvalue weighted by Crippen LogP contribution is -2.22. The Bertz CT molecular complexity index is 346. The molecule has 0 aromatic carbocycles. The van der Waals surface area contributed by atoms with Crippen molar-refractivity contribution in [2.24, 2.45) is 0 Å². The number of thiophene rings is 1.